The van der Waals surface area contributed by atoms with Crippen LogP contribution in [0, 0.1) is 5.41 Å². The van der Waals surface area contributed by atoms with Gasteiger partial charge >= 0.3 is 0 Å². The number of hydrogen-bond donors (Lipinski definition) is 3. The summed E-state index contributed by atoms with van der Waals surface area (Å²) < 4.78 is 5.47. The molecule has 4 nitrogen and oxygen atoms in total. The van der Waals surface area contributed by atoms with Gasteiger partial charge in [0.1, 0.15) is 0 Å². The molecule has 16 heavy (non-hydrogen) atoms. The van der Waals surface area contributed by atoms with Gasteiger partial charge < -0.3 is 20.1 Å². The second kappa shape index (κ2) is 10.0. The summed E-state index contributed by atoms with van der Waals surface area (Å²) in [7, 11) is 0. The van der Waals surface area contributed by atoms with Crippen LogP contribution >= 0.6 is 0 Å². The van der Waals surface area contributed by atoms with E-state index in [2.05, 4.69) is 0 Å². The minimum atomic E-state index is -0.481. The van der Waals surface area contributed by atoms with Gasteiger partial charge in [-0.1, -0.05) is 19.8 Å². The van der Waals surface area contributed by atoms with Crippen molar-refractivity contribution in [2.75, 3.05) is 33.0 Å². The van der Waals surface area contributed by atoms with Crippen molar-refractivity contribution in [1.29, 1.82) is 0 Å². The van der Waals surface area contributed by atoms with Gasteiger partial charge in [0.15, 0.2) is 0 Å². The highest BCUT2D eigenvalue weighted by atomic mass is 16.5. The van der Waals surface area contributed by atoms with Crippen LogP contribution in [-0.4, -0.2) is 48.4 Å². The Morgan fingerprint density at radius 1 is 0.938 bits per heavy atom. The average Bonchev–Trinajstić information content (AvgIpc) is 2.34. The topological polar surface area (TPSA) is 69.9 Å². The maximum absolute atomic E-state index is 9.18. The Kier molecular flexibility index (Phi) is 9.92. The van der Waals surface area contributed by atoms with Gasteiger partial charge in [0, 0.05) is 18.6 Å². The molecule has 0 aromatic rings. The van der Waals surface area contributed by atoms with Gasteiger partial charge in [-0.05, 0) is 19.3 Å². The van der Waals surface area contributed by atoms with Gasteiger partial charge in [0.25, 0.3) is 0 Å². The second-order valence-electron chi connectivity index (χ2n) is 4.36. The molecule has 0 aliphatic rings. The summed E-state index contributed by atoms with van der Waals surface area (Å²) in [6.07, 6.45) is 4.62. The van der Waals surface area contributed by atoms with Crippen LogP contribution < -0.4 is 0 Å². The van der Waals surface area contributed by atoms with Crippen molar-refractivity contribution in [3.05, 3.63) is 0 Å². The van der Waals surface area contributed by atoms with E-state index < -0.39 is 5.41 Å². The number of hydrogen-bond acceptors (Lipinski definition) is 4. The van der Waals surface area contributed by atoms with Crippen LogP contribution in [0.25, 0.3) is 0 Å². The minimum Gasteiger partial charge on any atom is -0.396 e. The molecule has 0 rings (SSSR count). The number of unbranched alkanes of at least 4 members (excludes halogenated alkanes) is 3. The predicted molar refractivity (Wildman–Crippen MR) is 63.3 cm³/mol. The first-order chi connectivity index (χ1) is 7.74. The van der Waals surface area contributed by atoms with E-state index in [1.165, 1.54) is 0 Å². The van der Waals surface area contributed by atoms with E-state index in [1.54, 1.807) is 0 Å². The van der Waals surface area contributed by atoms with Crippen LogP contribution in [0.2, 0.25) is 0 Å². The SMILES string of the molecule is CCC(CO)(CO)COCCCCCCO. The highest BCUT2D eigenvalue weighted by Gasteiger charge is 2.26. The maximum atomic E-state index is 9.18. The molecule has 0 amide bonds. The Balaban J connectivity index is 3.48. The number of rotatable bonds is 11. The molecule has 0 atom stereocenters. The third kappa shape index (κ3) is 6.43. The van der Waals surface area contributed by atoms with E-state index in [1.807, 2.05) is 6.92 Å². The van der Waals surface area contributed by atoms with Crippen molar-refractivity contribution < 1.29 is 20.1 Å². The van der Waals surface area contributed by atoms with Crippen molar-refractivity contribution in [3.8, 4) is 0 Å². The van der Waals surface area contributed by atoms with Crippen molar-refractivity contribution in [2.45, 2.75) is 39.0 Å². The van der Waals surface area contributed by atoms with Crippen molar-refractivity contribution in [2.24, 2.45) is 5.41 Å². The van der Waals surface area contributed by atoms with Crippen LogP contribution in [0.15, 0.2) is 0 Å². The van der Waals surface area contributed by atoms with Crippen LogP contribution in [0.3, 0.4) is 0 Å². The summed E-state index contributed by atoms with van der Waals surface area (Å²) in [5, 5.41) is 26.9. The van der Waals surface area contributed by atoms with E-state index in [4.69, 9.17) is 9.84 Å². The number of ether oxygens (including phenoxy) is 1. The zero-order valence-electron chi connectivity index (χ0n) is 10.3. The van der Waals surface area contributed by atoms with E-state index >= 15 is 0 Å². The Bertz CT molecular complexity index is 138. The fraction of sp³-hybridized carbons (Fsp3) is 1.00. The molecule has 0 aliphatic heterocycles. The van der Waals surface area contributed by atoms with Gasteiger partial charge in [0.2, 0.25) is 0 Å². The lowest BCUT2D eigenvalue weighted by Crippen LogP contribution is -2.34. The molecule has 0 fully saturated rings. The Morgan fingerprint density at radius 2 is 1.56 bits per heavy atom. The van der Waals surface area contributed by atoms with E-state index in [9.17, 15) is 10.2 Å². The third-order valence-corrected chi connectivity index (χ3v) is 3.03. The summed E-state index contributed by atoms with van der Waals surface area (Å²) in [6.45, 7) is 3.20. The maximum Gasteiger partial charge on any atom is 0.0566 e. The molecular formula is C12H26O4. The van der Waals surface area contributed by atoms with Crippen molar-refractivity contribution >= 4 is 0 Å². The first kappa shape index (κ1) is 15.8. The molecule has 0 bridgehead atoms. The van der Waals surface area contributed by atoms with Gasteiger partial charge in [-0.2, -0.15) is 0 Å². The molecule has 0 aromatic carbocycles. The molecule has 0 aromatic heterocycles. The fourth-order valence-corrected chi connectivity index (χ4v) is 1.43. The zero-order valence-corrected chi connectivity index (χ0v) is 10.3. The average molecular weight is 234 g/mol. The van der Waals surface area contributed by atoms with E-state index in [-0.39, 0.29) is 19.8 Å². The highest BCUT2D eigenvalue weighted by Crippen LogP contribution is 2.20. The molecule has 0 saturated carbocycles. The molecule has 4 heteroatoms. The third-order valence-electron chi connectivity index (χ3n) is 3.03. The normalized spacial score (nSPS) is 12.0. The second-order valence-corrected chi connectivity index (χ2v) is 4.36. The Hall–Kier alpha value is -0.160. The molecule has 0 saturated heterocycles. The lowest BCUT2D eigenvalue weighted by atomic mass is 9.88. The summed E-state index contributed by atoms with van der Waals surface area (Å²) in [6, 6.07) is 0. The number of aliphatic hydroxyl groups excluding tert-OH is 3. The minimum absolute atomic E-state index is 0.0372. The van der Waals surface area contributed by atoms with Gasteiger partial charge in [-0.3, -0.25) is 0 Å². The van der Waals surface area contributed by atoms with E-state index in [0.29, 0.717) is 19.6 Å². The Labute approximate surface area is 98.2 Å². The standard InChI is InChI=1S/C12H26O4/c1-2-12(9-14,10-15)11-16-8-6-4-3-5-7-13/h13-15H,2-11H2,1H3. The summed E-state index contributed by atoms with van der Waals surface area (Å²) >= 11 is 0. The molecule has 0 aliphatic carbocycles. The zero-order chi connectivity index (χ0) is 12.3. The first-order valence-corrected chi connectivity index (χ1v) is 6.15. The summed E-state index contributed by atoms with van der Waals surface area (Å²) in [4.78, 5) is 0. The summed E-state index contributed by atoms with van der Waals surface area (Å²) in [5.41, 5.74) is -0.481. The van der Waals surface area contributed by atoms with Crippen LogP contribution in [-0.2, 0) is 4.74 Å². The fourth-order valence-electron chi connectivity index (χ4n) is 1.43. The Morgan fingerprint density at radius 3 is 2.06 bits per heavy atom. The largest absolute Gasteiger partial charge is 0.396 e. The molecule has 0 spiro atoms. The van der Waals surface area contributed by atoms with Crippen molar-refractivity contribution in [3.63, 3.8) is 0 Å². The van der Waals surface area contributed by atoms with Crippen LogP contribution in [0.1, 0.15) is 39.0 Å². The summed E-state index contributed by atoms with van der Waals surface area (Å²) in [5.74, 6) is 0. The monoisotopic (exact) mass is 234 g/mol. The van der Waals surface area contributed by atoms with Crippen LogP contribution in [0.4, 0.5) is 0 Å². The molecule has 0 unspecified atom stereocenters. The molecule has 98 valence electrons. The predicted octanol–water partition coefficient (Wildman–Crippen LogP) is 0.937. The highest BCUT2D eigenvalue weighted by molar-refractivity contribution is 4.75. The smallest absolute Gasteiger partial charge is 0.0566 e. The number of aliphatic hydroxyl groups is 3. The molecule has 0 heterocycles. The molecule has 3 N–H and O–H groups in total. The van der Waals surface area contributed by atoms with Crippen molar-refractivity contribution in [1.82, 2.24) is 0 Å². The quantitative estimate of drug-likeness (QED) is 0.465. The first-order valence-electron chi connectivity index (χ1n) is 6.15. The van der Waals surface area contributed by atoms with Crippen LogP contribution in [0.5, 0.6) is 0 Å². The van der Waals surface area contributed by atoms with E-state index in [0.717, 1.165) is 25.7 Å². The molecular weight excluding hydrogens is 208 g/mol. The molecule has 0 radical (unpaired) electrons. The lowest BCUT2D eigenvalue weighted by Gasteiger charge is -2.27. The van der Waals surface area contributed by atoms with Gasteiger partial charge in [-0.15, -0.1) is 0 Å². The van der Waals surface area contributed by atoms with Gasteiger partial charge in [0.05, 0.1) is 19.8 Å². The lowest BCUT2D eigenvalue weighted by molar-refractivity contribution is -0.0306. The van der Waals surface area contributed by atoms with Gasteiger partial charge in [-0.25, -0.2) is 0 Å².